The quantitative estimate of drug-likeness (QED) is 0.830. The van der Waals surface area contributed by atoms with E-state index in [2.05, 4.69) is 25.8 Å². The van der Waals surface area contributed by atoms with Crippen molar-refractivity contribution in [3.05, 3.63) is 36.5 Å². The predicted octanol–water partition coefficient (Wildman–Crippen LogP) is 0.144. The van der Waals surface area contributed by atoms with Crippen LogP contribution in [0.3, 0.4) is 0 Å². The molecule has 1 aliphatic heterocycles. The first-order chi connectivity index (χ1) is 9.83. The average molecular weight is 272 g/mol. The Morgan fingerprint density at radius 1 is 1.35 bits per heavy atom. The van der Waals surface area contributed by atoms with Gasteiger partial charge in [0.15, 0.2) is 0 Å². The number of piperidine rings is 1. The second-order valence-electron chi connectivity index (χ2n) is 4.79. The van der Waals surface area contributed by atoms with Gasteiger partial charge in [0, 0.05) is 18.8 Å². The van der Waals surface area contributed by atoms with Gasteiger partial charge in [0.1, 0.15) is 18.5 Å². The first-order valence-electron chi connectivity index (χ1n) is 6.65. The van der Waals surface area contributed by atoms with E-state index in [9.17, 15) is 4.79 Å². The molecule has 7 heteroatoms. The zero-order valence-corrected chi connectivity index (χ0v) is 11.0. The van der Waals surface area contributed by atoms with Gasteiger partial charge in [-0.1, -0.05) is 0 Å². The molecule has 0 unspecified atom stereocenters. The van der Waals surface area contributed by atoms with Crippen molar-refractivity contribution < 1.29 is 4.79 Å². The van der Waals surface area contributed by atoms with E-state index in [0.717, 1.165) is 25.9 Å². The van der Waals surface area contributed by atoms with Crippen LogP contribution in [-0.2, 0) is 0 Å². The monoisotopic (exact) mass is 272 g/mol. The molecule has 2 N–H and O–H groups in total. The van der Waals surface area contributed by atoms with Gasteiger partial charge in [-0.25, -0.2) is 4.98 Å². The minimum absolute atomic E-state index is 0.0819. The number of hydrogen-bond acceptors (Lipinski definition) is 5. The second kappa shape index (κ2) is 5.79. The number of nitrogens with one attached hydrogen (secondary N) is 2. The summed E-state index contributed by atoms with van der Waals surface area (Å²) in [5, 5.41) is 13.7. The summed E-state index contributed by atoms with van der Waals surface area (Å²) in [5.41, 5.74) is 0.562. The van der Waals surface area contributed by atoms with Crippen LogP contribution < -0.4 is 10.6 Å². The molecule has 0 aromatic carbocycles. The Morgan fingerprint density at radius 3 is 2.85 bits per heavy atom. The highest BCUT2D eigenvalue weighted by Gasteiger charge is 2.16. The highest BCUT2D eigenvalue weighted by Crippen LogP contribution is 2.07. The van der Waals surface area contributed by atoms with E-state index in [4.69, 9.17) is 0 Å². The Kier molecular flexibility index (Phi) is 3.69. The van der Waals surface area contributed by atoms with Crippen LogP contribution in [-0.4, -0.2) is 44.8 Å². The maximum Gasteiger partial charge on any atom is 0.253 e. The van der Waals surface area contributed by atoms with Crippen LogP contribution in [0.15, 0.2) is 31.0 Å². The van der Waals surface area contributed by atoms with Crippen molar-refractivity contribution in [3.63, 3.8) is 0 Å². The number of carbonyl (C=O) groups excluding carboxylic acids is 1. The number of nitrogens with zero attached hydrogens (tertiary/aromatic N) is 4. The molecule has 1 saturated heterocycles. The molecule has 1 aliphatic rings. The average Bonchev–Trinajstić information content (AvgIpc) is 3.03. The molecule has 0 spiro atoms. The molecule has 2 aromatic rings. The molecule has 3 heterocycles. The van der Waals surface area contributed by atoms with Crippen molar-refractivity contribution in [1.29, 1.82) is 0 Å². The van der Waals surface area contributed by atoms with Crippen LogP contribution in [0, 0.1) is 0 Å². The summed E-state index contributed by atoms with van der Waals surface area (Å²) in [4.78, 5) is 16.3. The van der Waals surface area contributed by atoms with E-state index in [1.807, 2.05) is 0 Å². The smallest absolute Gasteiger partial charge is 0.253 e. The zero-order valence-electron chi connectivity index (χ0n) is 11.0. The summed E-state index contributed by atoms with van der Waals surface area (Å²) in [6.07, 6.45) is 6.81. The summed E-state index contributed by atoms with van der Waals surface area (Å²) in [7, 11) is 0. The predicted molar refractivity (Wildman–Crippen MR) is 72.5 cm³/mol. The van der Waals surface area contributed by atoms with Crippen LogP contribution >= 0.6 is 0 Å². The molecule has 7 nitrogen and oxygen atoms in total. The molecule has 1 amide bonds. The molecule has 2 aromatic heterocycles. The van der Waals surface area contributed by atoms with Gasteiger partial charge in [-0.05, 0) is 31.5 Å². The number of pyridine rings is 1. The molecule has 0 saturated carbocycles. The third-order valence-electron chi connectivity index (χ3n) is 3.33. The van der Waals surface area contributed by atoms with Gasteiger partial charge >= 0.3 is 0 Å². The van der Waals surface area contributed by atoms with E-state index < -0.39 is 0 Å². The molecule has 3 rings (SSSR count). The van der Waals surface area contributed by atoms with Gasteiger partial charge in [-0.15, -0.1) is 10.2 Å². The van der Waals surface area contributed by atoms with Gasteiger partial charge in [-0.3, -0.25) is 9.36 Å². The van der Waals surface area contributed by atoms with Gasteiger partial charge in [0.2, 0.25) is 0 Å². The Bertz CT molecular complexity index is 559. The topological polar surface area (TPSA) is 84.7 Å². The van der Waals surface area contributed by atoms with Gasteiger partial charge in [-0.2, -0.15) is 0 Å². The summed E-state index contributed by atoms with van der Waals surface area (Å²) in [5.74, 6) is 0.604. The molecule has 104 valence electrons. The number of rotatable bonds is 3. The number of amides is 1. The first kappa shape index (κ1) is 12.7. The maximum absolute atomic E-state index is 12.1. The third kappa shape index (κ3) is 2.83. The van der Waals surface area contributed by atoms with Gasteiger partial charge in [0.05, 0.1) is 5.56 Å². The molecule has 1 fully saturated rings. The lowest BCUT2D eigenvalue weighted by atomic mass is 10.1. The molecular weight excluding hydrogens is 256 g/mol. The third-order valence-corrected chi connectivity index (χ3v) is 3.33. The summed E-state index contributed by atoms with van der Waals surface area (Å²) in [6, 6.07) is 3.74. The number of hydrogen-bond donors (Lipinski definition) is 2. The van der Waals surface area contributed by atoms with Crippen molar-refractivity contribution >= 4 is 5.91 Å². The van der Waals surface area contributed by atoms with E-state index >= 15 is 0 Å². The normalized spacial score (nSPS) is 18.7. The van der Waals surface area contributed by atoms with Gasteiger partial charge < -0.3 is 10.6 Å². The lowest BCUT2D eigenvalue weighted by Crippen LogP contribution is -2.45. The van der Waals surface area contributed by atoms with Crippen molar-refractivity contribution in [2.45, 2.75) is 18.9 Å². The molecule has 0 bridgehead atoms. The summed E-state index contributed by atoms with van der Waals surface area (Å²) in [6.45, 7) is 1.86. The number of carbonyl (C=O) groups is 1. The van der Waals surface area contributed by atoms with Crippen molar-refractivity contribution in [1.82, 2.24) is 30.4 Å². The second-order valence-corrected chi connectivity index (χ2v) is 4.79. The Balaban J connectivity index is 1.66. The summed E-state index contributed by atoms with van der Waals surface area (Å²) >= 11 is 0. The van der Waals surface area contributed by atoms with Crippen LogP contribution in [0.1, 0.15) is 23.2 Å². The molecule has 1 atom stereocenters. The van der Waals surface area contributed by atoms with Crippen molar-refractivity contribution in [3.8, 4) is 5.82 Å². The molecule has 20 heavy (non-hydrogen) atoms. The van der Waals surface area contributed by atoms with Crippen molar-refractivity contribution in [2.24, 2.45) is 0 Å². The largest absolute Gasteiger partial charge is 0.348 e. The summed E-state index contributed by atoms with van der Waals surface area (Å²) < 4.78 is 1.69. The van der Waals surface area contributed by atoms with E-state index in [-0.39, 0.29) is 11.9 Å². The van der Waals surface area contributed by atoms with E-state index in [0.29, 0.717) is 11.4 Å². The zero-order chi connectivity index (χ0) is 13.8. The fraction of sp³-hybridized carbons (Fsp3) is 0.385. The highest BCUT2D eigenvalue weighted by molar-refractivity contribution is 5.94. The Hall–Kier alpha value is -2.28. The van der Waals surface area contributed by atoms with Crippen LogP contribution in [0.5, 0.6) is 0 Å². The molecule has 0 aliphatic carbocycles. The standard InChI is InChI=1S/C13H16N6O/c20-13(18-11-2-1-5-14-7-11)10-3-4-12(15-6-10)19-8-16-17-9-19/h3-4,6,8-9,11,14H,1-2,5,7H2,(H,18,20)/t11-/m1/s1. The maximum atomic E-state index is 12.1. The Labute approximate surface area is 116 Å². The van der Waals surface area contributed by atoms with Crippen molar-refractivity contribution in [2.75, 3.05) is 13.1 Å². The highest BCUT2D eigenvalue weighted by atomic mass is 16.1. The van der Waals surface area contributed by atoms with Crippen LogP contribution in [0.25, 0.3) is 5.82 Å². The first-order valence-corrected chi connectivity index (χ1v) is 6.65. The Morgan fingerprint density at radius 2 is 2.20 bits per heavy atom. The SMILES string of the molecule is O=C(N[C@@H]1CCCNC1)c1ccc(-n2cnnc2)nc1. The molecular formula is C13H16N6O. The lowest BCUT2D eigenvalue weighted by Gasteiger charge is -2.23. The fourth-order valence-corrected chi connectivity index (χ4v) is 2.24. The van der Waals surface area contributed by atoms with E-state index in [1.54, 1.807) is 35.6 Å². The van der Waals surface area contributed by atoms with E-state index in [1.165, 1.54) is 0 Å². The lowest BCUT2D eigenvalue weighted by molar-refractivity contribution is 0.0930. The van der Waals surface area contributed by atoms with Crippen LogP contribution in [0.2, 0.25) is 0 Å². The van der Waals surface area contributed by atoms with Crippen LogP contribution in [0.4, 0.5) is 0 Å². The minimum atomic E-state index is -0.0819. The van der Waals surface area contributed by atoms with Gasteiger partial charge in [0.25, 0.3) is 5.91 Å². The number of aromatic nitrogens is 4. The fourth-order valence-electron chi connectivity index (χ4n) is 2.24. The molecule has 0 radical (unpaired) electrons. The minimum Gasteiger partial charge on any atom is -0.348 e.